The number of aromatic nitrogens is 1. The summed E-state index contributed by atoms with van der Waals surface area (Å²) < 4.78 is 1.01. The summed E-state index contributed by atoms with van der Waals surface area (Å²) in [7, 11) is 0. The first-order valence-corrected chi connectivity index (χ1v) is 8.05. The van der Waals surface area contributed by atoms with Crippen molar-refractivity contribution in [3.8, 4) is 0 Å². The average Bonchev–Trinajstić information content (AvgIpc) is 2.62. The van der Waals surface area contributed by atoms with Gasteiger partial charge in [-0.1, -0.05) is 28.1 Å². The van der Waals surface area contributed by atoms with E-state index in [4.69, 9.17) is 0 Å². The molecule has 0 atom stereocenters. The van der Waals surface area contributed by atoms with Crippen LogP contribution in [0.1, 0.15) is 16.7 Å². The first kappa shape index (κ1) is 16.1. The lowest BCUT2D eigenvalue weighted by Gasteiger charge is -2.09. The number of rotatable bonds is 4. The molecule has 118 valence electrons. The quantitative estimate of drug-likeness (QED) is 0.348. The van der Waals surface area contributed by atoms with Gasteiger partial charge in [-0.15, -0.1) is 0 Å². The van der Waals surface area contributed by atoms with Crippen LogP contribution in [0.25, 0.3) is 11.6 Å². The second kappa shape index (κ2) is 7.19. The smallest absolute Gasteiger partial charge is 0.265 e. The predicted molar refractivity (Wildman–Crippen MR) is 98.4 cm³/mol. The van der Waals surface area contributed by atoms with Crippen LogP contribution in [0, 0.1) is 10.1 Å². The first-order chi connectivity index (χ1) is 11.6. The predicted octanol–water partition coefficient (Wildman–Crippen LogP) is 5.34. The Morgan fingerprint density at radius 3 is 2.08 bits per heavy atom. The van der Waals surface area contributed by atoms with E-state index in [0.717, 1.165) is 26.7 Å². The van der Waals surface area contributed by atoms with Gasteiger partial charge in [-0.25, -0.2) is 0 Å². The summed E-state index contributed by atoms with van der Waals surface area (Å²) in [5.41, 5.74) is 4.02. The van der Waals surface area contributed by atoms with Gasteiger partial charge in [0.25, 0.3) is 5.69 Å². The van der Waals surface area contributed by atoms with E-state index in [-0.39, 0.29) is 5.69 Å². The molecule has 0 bridgehead atoms. The first-order valence-electron chi connectivity index (χ1n) is 7.26. The van der Waals surface area contributed by atoms with Crippen molar-refractivity contribution in [3.05, 3.63) is 104 Å². The van der Waals surface area contributed by atoms with E-state index in [0.29, 0.717) is 0 Å². The highest BCUT2D eigenvalue weighted by Gasteiger charge is 2.09. The molecule has 0 aliphatic carbocycles. The third-order valence-electron chi connectivity index (χ3n) is 3.56. The van der Waals surface area contributed by atoms with Crippen LogP contribution in [0.4, 0.5) is 5.69 Å². The molecule has 4 nitrogen and oxygen atoms in total. The third-order valence-corrected chi connectivity index (χ3v) is 4.09. The van der Waals surface area contributed by atoms with Gasteiger partial charge in [0.15, 0.2) is 0 Å². The highest BCUT2D eigenvalue weighted by molar-refractivity contribution is 9.10. The monoisotopic (exact) mass is 380 g/mol. The summed E-state index contributed by atoms with van der Waals surface area (Å²) in [4.78, 5) is 14.5. The number of benzene rings is 2. The van der Waals surface area contributed by atoms with E-state index in [2.05, 4.69) is 27.0 Å². The maximum absolute atomic E-state index is 10.9. The van der Waals surface area contributed by atoms with Crippen molar-refractivity contribution >= 4 is 33.3 Å². The molecule has 0 saturated heterocycles. The van der Waals surface area contributed by atoms with Crippen molar-refractivity contribution in [2.24, 2.45) is 0 Å². The van der Waals surface area contributed by atoms with Gasteiger partial charge in [-0.05, 0) is 64.7 Å². The molecule has 0 spiro atoms. The Kier molecular flexibility index (Phi) is 4.82. The van der Waals surface area contributed by atoms with Crippen LogP contribution in [0.2, 0.25) is 0 Å². The van der Waals surface area contributed by atoms with Crippen molar-refractivity contribution in [2.75, 3.05) is 0 Å². The lowest BCUT2D eigenvalue weighted by Crippen LogP contribution is -1.91. The number of halogens is 1. The fourth-order valence-corrected chi connectivity index (χ4v) is 2.62. The average molecular weight is 381 g/mol. The zero-order valence-corrected chi connectivity index (χ0v) is 14.2. The second-order valence-electron chi connectivity index (χ2n) is 5.15. The minimum atomic E-state index is -0.395. The van der Waals surface area contributed by atoms with Gasteiger partial charge < -0.3 is 0 Å². The molecule has 3 rings (SSSR count). The molecule has 0 aliphatic heterocycles. The van der Waals surface area contributed by atoms with Crippen LogP contribution < -0.4 is 0 Å². The molecule has 5 heteroatoms. The number of pyridine rings is 1. The summed E-state index contributed by atoms with van der Waals surface area (Å²) in [5, 5.41) is 10.9. The van der Waals surface area contributed by atoms with E-state index >= 15 is 0 Å². The van der Waals surface area contributed by atoms with Crippen molar-refractivity contribution in [3.63, 3.8) is 0 Å². The topological polar surface area (TPSA) is 56.0 Å². The highest BCUT2D eigenvalue weighted by Crippen LogP contribution is 2.27. The Balaban J connectivity index is 2.08. The molecule has 0 aliphatic rings. The van der Waals surface area contributed by atoms with Crippen LogP contribution in [-0.2, 0) is 0 Å². The lowest BCUT2D eigenvalue weighted by molar-refractivity contribution is -0.384. The number of hydrogen-bond acceptors (Lipinski definition) is 3. The molecule has 0 unspecified atom stereocenters. The van der Waals surface area contributed by atoms with Crippen LogP contribution in [0.3, 0.4) is 0 Å². The van der Waals surface area contributed by atoms with Gasteiger partial charge in [0.2, 0.25) is 0 Å². The highest BCUT2D eigenvalue weighted by atomic mass is 79.9. The third kappa shape index (κ3) is 3.75. The zero-order valence-electron chi connectivity index (χ0n) is 12.6. The van der Waals surface area contributed by atoms with Crippen LogP contribution in [0.15, 0.2) is 77.5 Å². The van der Waals surface area contributed by atoms with Crippen molar-refractivity contribution < 1.29 is 4.92 Å². The molecular weight excluding hydrogens is 368 g/mol. The van der Waals surface area contributed by atoms with Gasteiger partial charge in [-0.3, -0.25) is 15.1 Å². The number of nitrogens with zero attached hydrogens (tertiary/aromatic N) is 2. The fourth-order valence-electron chi connectivity index (χ4n) is 2.35. The lowest BCUT2D eigenvalue weighted by atomic mass is 9.96. The molecule has 1 aromatic heterocycles. The van der Waals surface area contributed by atoms with Crippen molar-refractivity contribution in [2.45, 2.75) is 0 Å². The Hall–Kier alpha value is -2.79. The summed E-state index contributed by atoms with van der Waals surface area (Å²) in [6, 6.07) is 18.4. The molecular formula is C19H13BrN2O2. The second-order valence-corrected chi connectivity index (χ2v) is 6.07. The van der Waals surface area contributed by atoms with E-state index in [9.17, 15) is 10.1 Å². The van der Waals surface area contributed by atoms with Gasteiger partial charge in [0, 0.05) is 29.0 Å². The molecule has 24 heavy (non-hydrogen) atoms. The van der Waals surface area contributed by atoms with Gasteiger partial charge in [0.05, 0.1) is 4.92 Å². The molecule has 3 aromatic rings. The molecule has 0 radical (unpaired) electrons. The Bertz CT molecular complexity index is 874. The molecule has 0 fully saturated rings. The van der Waals surface area contributed by atoms with Crippen LogP contribution in [0.5, 0.6) is 0 Å². The van der Waals surface area contributed by atoms with E-state index in [1.54, 1.807) is 24.5 Å². The summed E-state index contributed by atoms with van der Waals surface area (Å²) in [5.74, 6) is 0. The standard InChI is InChI=1S/C19H13BrN2O2/c20-17-5-1-14(2-6-17)13-19(16-9-11-21-12-10-16)15-3-7-18(8-4-15)22(23)24/h1-13H/b19-13-. The molecule has 0 N–H and O–H groups in total. The van der Waals surface area contributed by atoms with Gasteiger partial charge in [0.1, 0.15) is 0 Å². The maximum atomic E-state index is 10.9. The van der Waals surface area contributed by atoms with Gasteiger partial charge in [-0.2, -0.15) is 0 Å². The SMILES string of the molecule is O=[N+]([O-])c1ccc(/C(=C/c2ccc(Br)cc2)c2ccncc2)cc1. The summed E-state index contributed by atoms with van der Waals surface area (Å²) >= 11 is 3.43. The normalized spacial score (nSPS) is 11.3. The van der Waals surface area contributed by atoms with Crippen molar-refractivity contribution in [1.29, 1.82) is 0 Å². The number of nitro benzene ring substituents is 1. The summed E-state index contributed by atoms with van der Waals surface area (Å²) in [6.07, 6.45) is 5.52. The van der Waals surface area contributed by atoms with Crippen molar-refractivity contribution in [1.82, 2.24) is 4.98 Å². The van der Waals surface area contributed by atoms with Crippen LogP contribution >= 0.6 is 15.9 Å². The molecule has 1 heterocycles. The zero-order chi connectivity index (χ0) is 16.9. The number of non-ortho nitro benzene ring substituents is 1. The maximum Gasteiger partial charge on any atom is 0.269 e. The van der Waals surface area contributed by atoms with E-state index < -0.39 is 4.92 Å². The fraction of sp³-hybridized carbons (Fsp3) is 0. The summed E-state index contributed by atoms with van der Waals surface area (Å²) in [6.45, 7) is 0. The minimum Gasteiger partial charge on any atom is -0.265 e. The minimum absolute atomic E-state index is 0.0801. The Morgan fingerprint density at radius 1 is 0.917 bits per heavy atom. The van der Waals surface area contributed by atoms with Gasteiger partial charge >= 0.3 is 0 Å². The van der Waals surface area contributed by atoms with E-state index in [1.165, 1.54) is 12.1 Å². The van der Waals surface area contributed by atoms with Crippen LogP contribution in [-0.4, -0.2) is 9.91 Å². The molecule has 0 saturated carbocycles. The molecule has 2 aromatic carbocycles. The number of hydrogen-bond donors (Lipinski definition) is 0. The number of nitro groups is 1. The Morgan fingerprint density at radius 2 is 1.50 bits per heavy atom. The Labute approximate surface area is 147 Å². The molecule has 0 amide bonds. The van der Waals surface area contributed by atoms with E-state index in [1.807, 2.05) is 36.4 Å². The largest absolute Gasteiger partial charge is 0.269 e.